The Morgan fingerprint density at radius 2 is 1.78 bits per heavy atom. The van der Waals surface area contributed by atoms with E-state index in [0.717, 1.165) is 77.2 Å². The first kappa shape index (κ1) is 20.8. The molecule has 2 N–H and O–H groups in total. The van der Waals surface area contributed by atoms with Gasteiger partial charge in [0.2, 0.25) is 0 Å². The molecule has 0 fully saturated rings. The van der Waals surface area contributed by atoms with Crippen LogP contribution in [0.5, 0.6) is 5.75 Å². The second kappa shape index (κ2) is 7.36. The largest absolute Gasteiger partial charge is 0.485 e. The number of aryl methyl sites for hydroxylation is 1. The normalized spacial score (nSPS) is 13.1. The molecule has 0 atom stereocenters. The van der Waals surface area contributed by atoms with E-state index in [9.17, 15) is 0 Å². The Kier molecular flexibility index (Phi) is 4.15. The third kappa shape index (κ3) is 2.93. The molecule has 180 valence electrons. The molecule has 0 saturated carbocycles. The summed E-state index contributed by atoms with van der Waals surface area (Å²) in [4.78, 5) is 17.7. The highest BCUT2D eigenvalue weighted by Gasteiger charge is 2.25. The number of hydrogen-bond donors (Lipinski definition) is 2. The molecule has 0 radical (unpaired) electrons. The van der Waals surface area contributed by atoms with Crippen LogP contribution in [-0.2, 0) is 6.61 Å². The average molecular weight is 503 g/mol. The second-order valence-electron chi connectivity index (χ2n) is 9.98. The lowest BCUT2D eigenvalue weighted by Crippen LogP contribution is -2.05. The first-order chi connectivity index (χ1) is 18.0. The van der Waals surface area contributed by atoms with Crippen LogP contribution in [0.15, 0.2) is 48.8 Å². The maximum Gasteiger partial charge on any atom is 0.147 e. The number of fused-ring (bicyclic) bond motifs is 11. The van der Waals surface area contributed by atoms with Crippen LogP contribution in [-0.4, -0.2) is 30.1 Å². The Bertz CT molecular complexity index is 2050. The van der Waals surface area contributed by atoms with Crippen LogP contribution in [0.3, 0.4) is 0 Å². The average Bonchev–Trinajstić information content (AvgIpc) is 3.64. The van der Waals surface area contributed by atoms with Gasteiger partial charge in [-0.25, -0.2) is 9.97 Å². The Morgan fingerprint density at radius 1 is 0.919 bits per heavy atom. The van der Waals surface area contributed by atoms with E-state index in [1.807, 2.05) is 19.3 Å². The van der Waals surface area contributed by atoms with Crippen LogP contribution in [0, 0.1) is 6.92 Å². The number of thiophene rings is 1. The summed E-state index contributed by atoms with van der Waals surface area (Å²) < 4.78 is 7.45. The zero-order valence-electron chi connectivity index (χ0n) is 20.5. The van der Waals surface area contributed by atoms with Gasteiger partial charge in [-0.15, -0.1) is 11.3 Å². The monoisotopic (exact) mass is 502 g/mol. The van der Waals surface area contributed by atoms with E-state index in [2.05, 4.69) is 70.4 Å². The molecule has 0 bridgehead atoms. The molecule has 4 aromatic heterocycles. The molecule has 3 aromatic carbocycles. The number of nitrogens with one attached hydrogen (secondary N) is 2. The summed E-state index contributed by atoms with van der Waals surface area (Å²) in [6, 6.07) is 13.2. The number of benzene rings is 3. The van der Waals surface area contributed by atoms with Crippen molar-refractivity contribution >= 4 is 54.0 Å². The number of hydrogen-bond acceptors (Lipinski definition) is 6. The summed E-state index contributed by atoms with van der Waals surface area (Å²) in [6.45, 7) is 6.77. The van der Waals surface area contributed by atoms with Crippen molar-refractivity contribution in [2.45, 2.75) is 33.3 Å². The minimum atomic E-state index is 0.341. The number of imidazole rings is 2. The van der Waals surface area contributed by atoms with Crippen molar-refractivity contribution in [2.24, 2.45) is 0 Å². The number of H-pyrrole nitrogens is 2. The van der Waals surface area contributed by atoms with Gasteiger partial charge in [-0.2, -0.15) is 10.2 Å². The van der Waals surface area contributed by atoms with Crippen molar-refractivity contribution in [3.05, 3.63) is 66.1 Å². The van der Waals surface area contributed by atoms with E-state index in [1.165, 1.54) is 10.3 Å². The fraction of sp³-hybridized carbons (Fsp3) is 0.172. The van der Waals surface area contributed by atoms with Crippen LogP contribution in [0.4, 0.5) is 0 Å². The molecule has 37 heavy (non-hydrogen) atoms. The second-order valence-corrected chi connectivity index (χ2v) is 11.0. The molecular formula is C29H22N6OS. The van der Waals surface area contributed by atoms with E-state index in [4.69, 9.17) is 14.7 Å². The van der Waals surface area contributed by atoms with Crippen LogP contribution in [0.25, 0.3) is 64.4 Å². The summed E-state index contributed by atoms with van der Waals surface area (Å²) in [7, 11) is 0. The van der Waals surface area contributed by atoms with Crippen molar-refractivity contribution in [2.75, 3.05) is 0 Å². The molecule has 0 aliphatic carbocycles. The number of aromatic amines is 2. The number of nitrogens with zero attached hydrogens (tertiary/aromatic N) is 4. The summed E-state index contributed by atoms with van der Waals surface area (Å²) >= 11 is 1.77. The van der Waals surface area contributed by atoms with Crippen molar-refractivity contribution in [1.29, 1.82) is 0 Å². The summed E-state index contributed by atoms with van der Waals surface area (Å²) in [5, 5.41) is 13.8. The van der Waals surface area contributed by atoms with Crippen molar-refractivity contribution < 1.29 is 4.74 Å². The highest BCUT2D eigenvalue weighted by Crippen LogP contribution is 2.47. The van der Waals surface area contributed by atoms with Crippen molar-refractivity contribution in [3.63, 3.8) is 0 Å². The number of rotatable bonds is 2. The Balaban J connectivity index is 1.32. The van der Waals surface area contributed by atoms with Gasteiger partial charge in [0, 0.05) is 32.5 Å². The van der Waals surface area contributed by atoms with E-state index < -0.39 is 0 Å². The SMILES string of the molecule is Cc1nc2c3cnncc3c3cc(-c4cc5ccc6c(c5s4)OCc4nc(C(C)C)[nH]c4-6)ccc3c2[nH]1. The van der Waals surface area contributed by atoms with Gasteiger partial charge in [0.15, 0.2) is 0 Å². The van der Waals surface area contributed by atoms with Gasteiger partial charge in [0.25, 0.3) is 0 Å². The number of aromatic nitrogens is 6. The molecule has 0 amide bonds. The van der Waals surface area contributed by atoms with E-state index >= 15 is 0 Å². The Hall–Kier alpha value is -4.30. The van der Waals surface area contributed by atoms with Gasteiger partial charge < -0.3 is 14.7 Å². The predicted octanol–water partition coefficient (Wildman–Crippen LogP) is 7.26. The summed E-state index contributed by atoms with van der Waals surface area (Å²) in [6.07, 6.45) is 3.65. The molecule has 1 aliphatic heterocycles. The zero-order chi connectivity index (χ0) is 24.8. The van der Waals surface area contributed by atoms with Crippen molar-refractivity contribution in [3.8, 4) is 27.4 Å². The zero-order valence-corrected chi connectivity index (χ0v) is 21.3. The van der Waals surface area contributed by atoms with Crippen LogP contribution >= 0.6 is 11.3 Å². The van der Waals surface area contributed by atoms with Gasteiger partial charge in [0.05, 0.1) is 33.8 Å². The fourth-order valence-electron chi connectivity index (χ4n) is 5.47. The lowest BCUT2D eigenvalue weighted by atomic mass is 9.99. The minimum Gasteiger partial charge on any atom is -0.485 e. The quantitative estimate of drug-likeness (QED) is 0.243. The van der Waals surface area contributed by atoms with E-state index in [0.29, 0.717) is 12.5 Å². The molecular weight excluding hydrogens is 480 g/mol. The van der Waals surface area contributed by atoms with Crippen LogP contribution in [0.2, 0.25) is 0 Å². The highest BCUT2D eigenvalue weighted by atomic mass is 32.1. The molecule has 0 spiro atoms. The van der Waals surface area contributed by atoms with Crippen LogP contribution in [0.1, 0.15) is 37.1 Å². The van der Waals surface area contributed by atoms with Gasteiger partial charge in [-0.05, 0) is 41.5 Å². The molecule has 8 heteroatoms. The van der Waals surface area contributed by atoms with Gasteiger partial charge in [-0.1, -0.05) is 32.0 Å². The van der Waals surface area contributed by atoms with Crippen LogP contribution < -0.4 is 4.74 Å². The van der Waals surface area contributed by atoms with Gasteiger partial charge in [-0.3, -0.25) is 0 Å². The Morgan fingerprint density at radius 3 is 2.65 bits per heavy atom. The molecule has 7 nitrogen and oxygen atoms in total. The maximum absolute atomic E-state index is 6.29. The molecule has 8 rings (SSSR count). The molecule has 5 heterocycles. The van der Waals surface area contributed by atoms with Gasteiger partial charge >= 0.3 is 0 Å². The minimum absolute atomic E-state index is 0.341. The lowest BCUT2D eigenvalue weighted by molar-refractivity contribution is 0.302. The van der Waals surface area contributed by atoms with E-state index in [-0.39, 0.29) is 0 Å². The number of ether oxygens (including phenoxy) is 1. The maximum atomic E-state index is 6.29. The first-order valence-electron chi connectivity index (χ1n) is 12.4. The Labute approximate surface area is 215 Å². The fourth-order valence-corrected chi connectivity index (χ4v) is 6.63. The first-order valence-corrected chi connectivity index (χ1v) is 13.2. The third-order valence-corrected chi connectivity index (χ3v) is 8.48. The van der Waals surface area contributed by atoms with Crippen molar-refractivity contribution in [1.82, 2.24) is 30.1 Å². The predicted molar refractivity (Wildman–Crippen MR) is 148 cm³/mol. The topological polar surface area (TPSA) is 92.4 Å². The lowest BCUT2D eigenvalue weighted by Gasteiger charge is -2.17. The molecule has 0 saturated heterocycles. The summed E-state index contributed by atoms with van der Waals surface area (Å²) in [5.74, 6) is 3.17. The smallest absolute Gasteiger partial charge is 0.147 e. The molecule has 1 aliphatic rings. The molecule has 7 aromatic rings. The third-order valence-electron chi connectivity index (χ3n) is 7.28. The van der Waals surface area contributed by atoms with Gasteiger partial charge in [0.1, 0.15) is 29.7 Å². The highest BCUT2D eigenvalue weighted by molar-refractivity contribution is 7.22. The molecule has 0 unspecified atom stereocenters. The standard InChI is InChI=1S/C29H22N6OS/c1-13(2)29-34-22-12-36-27-18(24(22)35-29)7-5-16-9-23(37-28(16)27)15-4-6-17-19(8-15)20-10-30-31-11-21(20)26-25(17)32-14(3)33-26/h4-11,13H,12H2,1-3H3,(H,32,33)(H,34,35). The summed E-state index contributed by atoms with van der Waals surface area (Å²) in [5.41, 5.74) is 6.29. The van der Waals surface area contributed by atoms with E-state index in [1.54, 1.807) is 11.3 Å².